The molecule has 0 radical (unpaired) electrons. The molecular formula is C13H20N2. The highest BCUT2D eigenvalue weighted by atomic mass is 14.9. The minimum Gasteiger partial charge on any atom is -0.313 e. The summed E-state index contributed by atoms with van der Waals surface area (Å²) in [7, 11) is 2.07. The normalized spacial score (nSPS) is 20.1. The van der Waals surface area contributed by atoms with Gasteiger partial charge in [-0.2, -0.15) is 0 Å². The lowest BCUT2D eigenvalue weighted by atomic mass is 9.81. The first-order valence-electron chi connectivity index (χ1n) is 5.99. The molecule has 0 spiro atoms. The number of rotatable bonds is 3. The SMILES string of the molecule is CNC(c1ccncc1)C1CCCCC1. The van der Waals surface area contributed by atoms with E-state index in [0.29, 0.717) is 6.04 Å². The molecule has 0 saturated heterocycles. The molecule has 2 rings (SSSR count). The van der Waals surface area contributed by atoms with E-state index in [1.165, 1.54) is 37.7 Å². The van der Waals surface area contributed by atoms with Crippen LogP contribution in [-0.4, -0.2) is 12.0 Å². The Kier molecular flexibility index (Phi) is 3.73. The molecule has 1 fully saturated rings. The Balaban J connectivity index is 2.09. The molecule has 2 heteroatoms. The predicted molar refractivity (Wildman–Crippen MR) is 62.6 cm³/mol. The molecule has 1 aliphatic rings. The van der Waals surface area contributed by atoms with Crippen molar-refractivity contribution in [3.05, 3.63) is 30.1 Å². The Labute approximate surface area is 92.1 Å². The molecule has 1 N–H and O–H groups in total. The molecule has 0 bridgehead atoms. The smallest absolute Gasteiger partial charge is 0.0347 e. The Morgan fingerprint density at radius 1 is 1.20 bits per heavy atom. The van der Waals surface area contributed by atoms with Gasteiger partial charge in [-0.05, 0) is 43.5 Å². The highest BCUT2D eigenvalue weighted by molar-refractivity contribution is 5.16. The van der Waals surface area contributed by atoms with Gasteiger partial charge in [-0.1, -0.05) is 19.3 Å². The zero-order chi connectivity index (χ0) is 10.5. The van der Waals surface area contributed by atoms with Gasteiger partial charge in [0.05, 0.1) is 0 Å². The summed E-state index contributed by atoms with van der Waals surface area (Å²) in [6.45, 7) is 0. The van der Waals surface area contributed by atoms with Crippen molar-refractivity contribution in [1.29, 1.82) is 0 Å². The molecular weight excluding hydrogens is 184 g/mol. The summed E-state index contributed by atoms with van der Waals surface area (Å²) < 4.78 is 0. The number of hydrogen-bond acceptors (Lipinski definition) is 2. The average molecular weight is 204 g/mol. The number of pyridine rings is 1. The van der Waals surface area contributed by atoms with Crippen molar-refractivity contribution in [2.75, 3.05) is 7.05 Å². The first kappa shape index (κ1) is 10.6. The van der Waals surface area contributed by atoms with Gasteiger partial charge in [-0.15, -0.1) is 0 Å². The third-order valence-corrected chi connectivity index (χ3v) is 3.50. The molecule has 2 nitrogen and oxygen atoms in total. The van der Waals surface area contributed by atoms with Gasteiger partial charge in [0.2, 0.25) is 0 Å². The Morgan fingerprint density at radius 3 is 2.47 bits per heavy atom. The second kappa shape index (κ2) is 5.26. The van der Waals surface area contributed by atoms with E-state index < -0.39 is 0 Å². The van der Waals surface area contributed by atoms with Crippen molar-refractivity contribution >= 4 is 0 Å². The fourth-order valence-electron chi connectivity index (χ4n) is 2.71. The van der Waals surface area contributed by atoms with Crippen molar-refractivity contribution in [1.82, 2.24) is 10.3 Å². The zero-order valence-electron chi connectivity index (χ0n) is 9.45. The van der Waals surface area contributed by atoms with E-state index in [0.717, 1.165) is 5.92 Å². The summed E-state index contributed by atoms with van der Waals surface area (Å²) in [5.41, 5.74) is 1.39. The van der Waals surface area contributed by atoms with E-state index in [2.05, 4.69) is 29.5 Å². The molecule has 1 atom stereocenters. The van der Waals surface area contributed by atoms with E-state index in [1.807, 2.05) is 12.4 Å². The minimum absolute atomic E-state index is 0.522. The van der Waals surface area contributed by atoms with Crippen LogP contribution in [0.15, 0.2) is 24.5 Å². The first-order chi connectivity index (χ1) is 7.42. The average Bonchev–Trinajstić information content (AvgIpc) is 2.33. The van der Waals surface area contributed by atoms with Gasteiger partial charge in [-0.25, -0.2) is 0 Å². The Hall–Kier alpha value is -0.890. The number of nitrogens with one attached hydrogen (secondary N) is 1. The third kappa shape index (κ3) is 2.57. The van der Waals surface area contributed by atoms with E-state index in [4.69, 9.17) is 0 Å². The van der Waals surface area contributed by atoms with Gasteiger partial charge in [-0.3, -0.25) is 4.98 Å². The van der Waals surface area contributed by atoms with E-state index in [1.54, 1.807) is 0 Å². The van der Waals surface area contributed by atoms with Gasteiger partial charge < -0.3 is 5.32 Å². The topological polar surface area (TPSA) is 24.9 Å². The largest absolute Gasteiger partial charge is 0.313 e. The lowest BCUT2D eigenvalue weighted by molar-refractivity contribution is 0.281. The summed E-state index contributed by atoms with van der Waals surface area (Å²) in [5, 5.41) is 3.46. The van der Waals surface area contributed by atoms with Crippen molar-refractivity contribution in [2.24, 2.45) is 5.92 Å². The highest BCUT2D eigenvalue weighted by Crippen LogP contribution is 2.33. The third-order valence-electron chi connectivity index (χ3n) is 3.50. The summed E-state index contributed by atoms with van der Waals surface area (Å²) in [4.78, 5) is 4.08. The first-order valence-corrected chi connectivity index (χ1v) is 5.99. The van der Waals surface area contributed by atoms with Crippen LogP contribution in [0.25, 0.3) is 0 Å². The zero-order valence-corrected chi connectivity index (χ0v) is 9.45. The summed E-state index contributed by atoms with van der Waals surface area (Å²) >= 11 is 0. The maximum Gasteiger partial charge on any atom is 0.0347 e. The number of nitrogens with zero attached hydrogens (tertiary/aromatic N) is 1. The van der Waals surface area contributed by atoms with Crippen LogP contribution in [0.3, 0.4) is 0 Å². The fraction of sp³-hybridized carbons (Fsp3) is 0.615. The van der Waals surface area contributed by atoms with E-state index in [9.17, 15) is 0 Å². The van der Waals surface area contributed by atoms with Gasteiger partial charge in [0, 0.05) is 18.4 Å². The van der Waals surface area contributed by atoms with Crippen LogP contribution < -0.4 is 5.32 Å². The fourth-order valence-corrected chi connectivity index (χ4v) is 2.71. The molecule has 1 aromatic heterocycles. The molecule has 82 valence electrons. The van der Waals surface area contributed by atoms with Crippen molar-refractivity contribution in [3.63, 3.8) is 0 Å². The monoisotopic (exact) mass is 204 g/mol. The molecule has 1 aliphatic carbocycles. The quantitative estimate of drug-likeness (QED) is 0.819. The van der Waals surface area contributed by atoms with Gasteiger partial charge in [0.25, 0.3) is 0 Å². The van der Waals surface area contributed by atoms with Gasteiger partial charge >= 0.3 is 0 Å². The van der Waals surface area contributed by atoms with Crippen molar-refractivity contribution < 1.29 is 0 Å². The van der Waals surface area contributed by atoms with Crippen molar-refractivity contribution in [3.8, 4) is 0 Å². The van der Waals surface area contributed by atoms with Gasteiger partial charge in [0.15, 0.2) is 0 Å². The predicted octanol–water partition coefficient (Wildman–Crippen LogP) is 2.92. The van der Waals surface area contributed by atoms with Gasteiger partial charge in [0.1, 0.15) is 0 Å². The molecule has 0 aromatic carbocycles. The summed E-state index contributed by atoms with van der Waals surface area (Å²) in [5.74, 6) is 0.811. The van der Waals surface area contributed by atoms with Crippen LogP contribution in [-0.2, 0) is 0 Å². The van der Waals surface area contributed by atoms with E-state index in [-0.39, 0.29) is 0 Å². The van der Waals surface area contributed by atoms with Crippen LogP contribution in [0.2, 0.25) is 0 Å². The summed E-state index contributed by atoms with van der Waals surface area (Å²) in [6, 6.07) is 4.79. The lowest BCUT2D eigenvalue weighted by Gasteiger charge is -2.30. The molecule has 0 amide bonds. The molecule has 15 heavy (non-hydrogen) atoms. The summed E-state index contributed by atoms with van der Waals surface area (Å²) in [6.07, 6.45) is 10.7. The Bertz CT molecular complexity index is 278. The van der Waals surface area contributed by atoms with E-state index >= 15 is 0 Å². The van der Waals surface area contributed by atoms with Crippen LogP contribution in [0.1, 0.15) is 43.7 Å². The molecule has 0 aliphatic heterocycles. The number of hydrogen-bond donors (Lipinski definition) is 1. The second-order valence-corrected chi connectivity index (χ2v) is 4.44. The highest BCUT2D eigenvalue weighted by Gasteiger charge is 2.23. The lowest BCUT2D eigenvalue weighted by Crippen LogP contribution is -2.26. The molecule has 1 saturated carbocycles. The molecule has 1 heterocycles. The number of aromatic nitrogens is 1. The van der Waals surface area contributed by atoms with Crippen LogP contribution in [0.5, 0.6) is 0 Å². The van der Waals surface area contributed by atoms with Crippen molar-refractivity contribution in [2.45, 2.75) is 38.1 Å². The molecule has 1 unspecified atom stereocenters. The van der Waals surface area contributed by atoms with Crippen LogP contribution in [0.4, 0.5) is 0 Å². The minimum atomic E-state index is 0.522. The molecule has 1 aromatic rings. The Morgan fingerprint density at radius 2 is 1.87 bits per heavy atom. The maximum absolute atomic E-state index is 4.08. The second-order valence-electron chi connectivity index (χ2n) is 4.44. The van der Waals surface area contributed by atoms with Crippen LogP contribution >= 0.6 is 0 Å². The standard InChI is InChI=1S/C13H20N2/c1-14-13(11-5-3-2-4-6-11)12-7-9-15-10-8-12/h7-11,13-14H,2-6H2,1H3. The maximum atomic E-state index is 4.08. The van der Waals surface area contributed by atoms with Crippen LogP contribution in [0, 0.1) is 5.92 Å².